The summed E-state index contributed by atoms with van der Waals surface area (Å²) in [7, 11) is -3.86. The molecule has 2 aliphatic heterocycles. The molecule has 0 aliphatic carbocycles. The fourth-order valence-corrected chi connectivity index (χ4v) is 6.29. The molecule has 30 heavy (non-hydrogen) atoms. The highest BCUT2D eigenvalue weighted by Crippen LogP contribution is 2.47. The third kappa shape index (κ3) is 2.95. The molecule has 4 rings (SSSR count). The normalized spacial score (nSPS) is 26.7. The van der Waals surface area contributed by atoms with Crippen molar-refractivity contribution in [2.75, 3.05) is 0 Å². The van der Waals surface area contributed by atoms with Gasteiger partial charge in [0.1, 0.15) is 16.7 Å². The smallest absolute Gasteiger partial charge is 0.330 e. The van der Waals surface area contributed by atoms with Gasteiger partial charge in [0.15, 0.2) is 15.9 Å². The molecule has 0 saturated carbocycles. The van der Waals surface area contributed by atoms with Crippen molar-refractivity contribution < 1.29 is 27.7 Å². The number of nitro benzene ring substituents is 1. The van der Waals surface area contributed by atoms with Crippen LogP contribution < -0.4 is 0 Å². The Kier molecular flexibility index (Phi) is 4.60. The van der Waals surface area contributed by atoms with Crippen LogP contribution in [0.1, 0.15) is 18.9 Å². The van der Waals surface area contributed by atoms with Crippen LogP contribution in [-0.2, 0) is 37.3 Å². The van der Waals surface area contributed by atoms with Crippen molar-refractivity contribution in [2.45, 2.75) is 42.7 Å². The van der Waals surface area contributed by atoms with E-state index in [1.165, 1.54) is 42.1 Å². The summed E-state index contributed by atoms with van der Waals surface area (Å²) in [5.74, 6) is -1.27. The van der Waals surface area contributed by atoms with Gasteiger partial charge in [-0.2, -0.15) is 5.10 Å². The molecular weight excluding hydrogens is 416 g/mol. The van der Waals surface area contributed by atoms with Crippen molar-refractivity contribution in [1.82, 2.24) is 14.7 Å². The molecule has 3 atom stereocenters. The Morgan fingerprint density at radius 1 is 1.37 bits per heavy atom. The van der Waals surface area contributed by atoms with E-state index < -0.39 is 42.8 Å². The fourth-order valence-electron chi connectivity index (χ4n) is 3.93. The Morgan fingerprint density at radius 2 is 2.07 bits per heavy atom. The lowest BCUT2D eigenvalue weighted by molar-refractivity contribution is -0.384. The summed E-state index contributed by atoms with van der Waals surface area (Å²) in [5, 5.41) is 13.7. The zero-order valence-corrected chi connectivity index (χ0v) is 16.7. The zero-order valence-electron chi connectivity index (χ0n) is 15.9. The molecule has 0 radical (unpaired) electrons. The SMILES string of the molecule is C[C@]1(Cn2cccn2)[C@H](C(=O)OCc2ccc([N+](=O)[O-])cc2)N2C(=O)C[C@H]2S1(=O)=O. The van der Waals surface area contributed by atoms with E-state index in [0.717, 1.165) is 4.90 Å². The first-order valence-corrected chi connectivity index (χ1v) is 10.6. The minimum Gasteiger partial charge on any atom is -0.459 e. The van der Waals surface area contributed by atoms with E-state index in [-0.39, 0.29) is 25.3 Å². The molecule has 3 heterocycles. The van der Waals surface area contributed by atoms with Gasteiger partial charge >= 0.3 is 5.97 Å². The molecular formula is C18H18N4O7S. The van der Waals surface area contributed by atoms with E-state index in [4.69, 9.17) is 4.74 Å². The molecule has 1 amide bonds. The maximum absolute atomic E-state index is 13.1. The van der Waals surface area contributed by atoms with Gasteiger partial charge in [-0.15, -0.1) is 0 Å². The Bertz CT molecular complexity index is 1110. The molecule has 12 heteroatoms. The maximum atomic E-state index is 13.1. The summed E-state index contributed by atoms with van der Waals surface area (Å²) >= 11 is 0. The molecule has 1 aromatic heterocycles. The fraction of sp³-hybridized carbons (Fsp3) is 0.389. The van der Waals surface area contributed by atoms with Crippen LogP contribution in [0.4, 0.5) is 5.69 Å². The molecule has 0 unspecified atom stereocenters. The number of non-ortho nitro benzene ring substituents is 1. The zero-order chi connectivity index (χ0) is 21.7. The van der Waals surface area contributed by atoms with Crippen LogP contribution >= 0.6 is 0 Å². The Labute approximate surface area is 171 Å². The minimum absolute atomic E-state index is 0.104. The van der Waals surface area contributed by atoms with Crippen molar-refractivity contribution in [1.29, 1.82) is 0 Å². The number of ether oxygens (including phenoxy) is 1. The summed E-state index contributed by atoms with van der Waals surface area (Å²) in [6, 6.07) is 5.76. The number of benzene rings is 1. The van der Waals surface area contributed by atoms with Gasteiger partial charge in [0, 0.05) is 24.5 Å². The van der Waals surface area contributed by atoms with E-state index in [1.54, 1.807) is 12.3 Å². The second-order valence-electron chi connectivity index (χ2n) is 7.45. The molecule has 0 bridgehead atoms. The van der Waals surface area contributed by atoms with Gasteiger partial charge in [0.2, 0.25) is 5.91 Å². The number of rotatable bonds is 6. The number of hydrogen-bond donors (Lipinski definition) is 0. The van der Waals surface area contributed by atoms with E-state index in [9.17, 15) is 28.1 Å². The third-order valence-corrected chi connectivity index (χ3v) is 8.36. The summed E-state index contributed by atoms with van der Waals surface area (Å²) < 4.78 is 31.4. The number of carbonyl (C=O) groups excluding carboxylic acids is 2. The molecule has 1 aromatic carbocycles. The number of carbonyl (C=O) groups is 2. The van der Waals surface area contributed by atoms with Crippen LogP contribution in [0.25, 0.3) is 0 Å². The van der Waals surface area contributed by atoms with E-state index in [2.05, 4.69) is 5.10 Å². The number of hydrogen-bond acceptors (Lipinski definition) is 8. The molecule has 2 aromatic rings. The van der Waals surface area contributed by atoms with Crippen LogP contribution in [0.15, 0.2) is 42.7 Å². The standard InChI is InChI=1S/C18H18N4O7S/c1-18(11-20-8-2-7-19-20)16(21-14(23)9-15(21)30(18,27)28)17(24)29-10-12-3-5-13(6-4-12)22(25)26/h2-8,15-16H,9-11H2,1H3/t15-,16+,18+/m1/s1. The highest BCUT2D eigenvalue weighted by atomic mass is 32.2. The van der Waals surface area contributed by atoms with Gasteiger partial charge < -0.3 is 9.64 Å². The lowest BCUT2D eigenvalue weighted by atomic mass is 9.96. The highest BCUT2D eigenvalue weighted by molar-refractivity contribution is 7.93. The first-order valence-electron chi connectivity index (χ1n) is 9.07. The average Bonchev–Trinajstić information content (AvgIpc) is 3.24. The molecule has 0 spiro atoms. The van der Waals surface area contributed by atoms with Crippen LogP contribution in [-0.4, -0.2) is 56.1 Å². The van der Waals surface area contributed by atoms with Gasteiger partial charge in [0.05, 0.1) is 17.9 Å². The molecule has 11 nitrogen and oxygen atoms in total. The number of β-lactam (4-membered cyclic amide) rings is 1. The lowest BCUT2D eigenvalue weighted by Gasteiger charge is -2.36. The van der Waals surface area contributed by atoms with Gasteiger partial charge in [-0.1, -0.05) is 0 Å². The molecule has 2 fully saturated rings. The predicted octanol–water partition coefficient (Wildman–Crippen LogP) is 0.649. The topological polar surface area (TPSA) is 142 Å². The second kappa shape index (κ2) is 6.90. The number of fused-ring (bicyclic) bond motifs is 1. The quantitative estimate of drug-likeness (QED) is 0.279. The van der Waals surface area contributed by atoms with Gasteiger partial charge in [-0.3, -0.25) is 19.6 Å². The Hall–Kier alpha value is -3.28. The van der Waals surface area contributed by atoms with Crippen LogP contribution in [0, 0.1) is 10.1 Å². The van der Waals surface area contributed by atoms with E-state index in [1.807, 2.05) is 0 Å². The molecule has 2 aliphatic rings. The van der Waals surface area contributed by atoms with Gasteiger partial charge in [0.25, 0.3) is 5.69 Å². The van der Waals surface area contributed by atoms with Gasteiger partial charge in [-0.25, -0.2) is 13.2 Å². The molecule has 0 N–H and O–H groups in total. The molecule has 2 saturated heterocycles. The number of aromatic nitrogens is 2. The number of esters is 1. The Morgan fingerprint density at radius 3 is 2.63 bits per heavy atom. The minimum atomic E-state index is -3.86. The van der Waals surface area contributed by atoms with Crippen LogP contribution in [0.5, 0.6) is 0 Å². The van der Waals surface area contributed by atoms with Crippen molar-refractivity contribution in [3.05, 3.63) is 58.4 Å². The van der Waals surface area contributed by atoms with E-state index in [0.29, 0.717) is 5.56 Å². The first kappa shape index (κ1) is 20.0. The Balaban J connectivity index is 1.58. The summed E-state index contributed by atoms with van der Waals surface area (Å²) in [5.41, 5.74) is 0.392. The number of sulfone groups is 1. The van der Waals surface area contributed by atoms with Crippen LogP contribution in [0.2, 0.25) is 0 Å². The monoisotopic (exact) mass is 434 g/mol. The summed E-state index contributed by atoms with van der Waals surface area (Å²) in [6.07, 6.45) is 2.91. The van der Waals surface area contributed by atoms with Crippen molar-refractivity contribution in [2.24, 2.45) is 0 Å². The summed E-state index contributed by atoms with van der Waals surface area (Å²) in [6.45, 7) is 1.10. The number of nitro groups is 1. The van der Waals surface area contributed by atoms with Gasteiger partial charge in [-0.05, 0) is 30.7 Å². The first-order chi connectivity index (χ1) is 14.1. The molecule has 158 valence electrons. The average molecular weight is 434 g/mol. The summed E-state index contributed by atoms with van der Waals surface area (Å²) in [4.78, 5) is 36.4. The number of nitrogens with zero attached hydrogens (tertiary/aromatic N) is 4. The number of amides is 1. The third-order valence-electron chi connectivity index (χ3n) is 5.60. The largest absolute Gasteiger partial charge is 0.459 e. The van der Waals surface area contributed by atoms with E-state index >= 15 is 0 Å². The highest BCUT2D eigenvalue weighted by Gasteiger charge is 2.70. The van der Waals surface area contributed by atoms with Crippen LogP contribution in [0.3, 0.4) is 0 Å². The lowest BCUT2D eigenvalue weighted by Crippen LogP contribution is -2.58. The second-order valence-corrected chi connectivity index (χ2v) is 10.0. The maximum Gasteiger partial charge on any atom is 0.330 e. The van der Waals surface area contributed by atoms with Crippen molar-refractivity contribution in [3.63, 3.8) is 0 Å². The van der Waals surface area contributed by atoms with Crippen molar-refractivity contribution in [3.8, 4) is 0 Å². The van der Waals surface area contributed by atoms with Crippen molar-refractivity contribution >= 4 is 27.4 Å². The predicted molar refractivity (Wildman–Crippen MR) is 101 cm³/mol.